The van der Waals surface area contributed by atoms with E-state index in [-0.39, 0.29) is 24.9 Å². The van der Waals surface area contributed by atoms with Crippen molar-refractivity contribution in [1.29, 1.82) is 0 Å². The van der Waals surface area contributed by atoms with E-state index < -0.39 is 10.2 Å². The highest BCUT2D eigenvalue weighted by molar-refractivity contribution is 7.86. The van der Waals surface area contributed by atoms with Crippen LogP contribution >= 0.6 is 12.4 Å². The molecule has 0 saturated carbocycles. The predicted molar refractivity (Wildman–Crippen MR) is 80.6 cm³/mol. The molecule has 0 aliphatic carbocycles. The second-order valence-electron chi connectivity index (χ2n) is 4.83. The van der Waals surface area contributed by atoms with Crippen molar-refractivity contribution in [2.45, 2.75) is 0 Å². The Hall–Kier alpha value is -0.450. The molecule has 0 unspecified atom stereocenters. The molecule has 2 fully saturated rings. The summed E-state index contributed by atoms with van der Waals surface area (Å²) in [4.78, 5) is 13.4. The van der Waals surface area contributed by atoms with Crippen LogP contribution in [0.2, 0.25) is 0 Å². The zero-order valence-electron chi connectivity index (χ0n) is 12.2. The minimum Gasteiger partial charge on any atom is -0.379 e. The van der Waals surface area contributed by atoms with Crippen LogP contribution < -0.4 is 5.32 Å². The third-order valence-corrected chi connectivity index (χ3v) is 5.58. The van der Waals surface area contributed by atoms with E-state index in [1.807, 2.05) is 0 Å². The average Bonchev–Trinajstić information content (AvgIpc) is 2.48. The molecular formula is C11H23ClN4O4S. The molecule has 10 heteroatoms. The van der Waals surface area contributed by atoms with E-state index in [4.69, 9.17) is 4.74 Å². The van der Waals surface area contributed by atoms with Crippen molar-refractivity contribution in [3.63, 3.8) is 0 Å². The first-order valence-corrected chi connectivity index (χ1v) is 8.20. The molecule has 0 bridgehead atoms. The summed E-state index contributed by atoms with van der Waals surface area (Å²) in [5.74, 6) is 0.0101. The molecule has 0 aromatic rings. The number of carbonyl (C=O) groups is 1. The lowest BCUT2D eigenvalue weighted by Crippen LogP contribution is -2.56. The molecule has 0 atom stereocenters. The molecular weight excluding hydrogens is 320 g/mol. The fourth-order valence-corrected chi connectivity index (χ4v) is 3.93. The number of hydrogen-bond donors (Lipinski definition) is 1. The second kappa shape index (κ2) is 8.25. The second-order valence-corrected chi connectivity index (χ2v) is 6.76. The van der Waals surface area contributed by atoms with Crippen molar-refractivity contribution in [3.8, 4) is 0 Å². The zero-order valence-corrected chi connectivity index (χ0v) is 13.8. The average molecular weight is 343 g/mol. The lowest BCUT2D eigenvalue weighted by atomic mass is 10.3. The minimum atomic E-state index is -3.41. The Morgan fingerprint density at radius 3 is 2.10 bits per heavy atom. The fourth-order valence-electron chi connectivity index (χ4n) is 2.37. The van der Waals surface area contributed by atoms with Crippen LogP contribution in [0, 0.1) is 0 Å². The molecule has 21 heavy (non-hydrogen) atoms. The van der Waals surface area contributed by atoms with Gasteiger partial charge in [0.2, 0.25) is 5.91 Å². The fraction of sp³-hybridized carbons (Fsp3) is 0.909. The SMILES string of the molecule is CNCC(=O)N1CCN(S(=O)(=O)N2CCOCC2)CC1.Cl. The van der Waals surface area contributed by atoms with Crippen molar-refractivity contribution in [2.75, 3.05) is 66.1 Å². The Balaban J connectivity index is 0.00000220. The number of likely N-dealkylation sites (N-methyl/N-ethyl adjacent to an activating group) is 1. The Morgan fingerprint density at radius 1 is 1.05 bits per heavy atom. The molecule has 2 heterocycles. The van der Waals surface area contributed by atoms with E-state index in [2.05, 4.69) is 5.32 Å². The quantitative estimate of drug-likeness (QED) is 0.662. The molecule has 8 nitrogen and oxygen atoms in total. The van der Waals surface area contributed by atoms with Gasteiger partial charge in [-0.15, -0.1) is 12.4 Å². The molecule has 2 rings (SSSR count). The van der Waals surface area contributed by atoms with E-state index in [0.717, 1.165) is 0 Å². The molecule has 0 aromatic heterocycles. The highest BCUT2D eigenvalue weighted by atomic mass is 35.5. The number of halogens is 1. The van der Waals surface area contributed by atoms with Crippen LogP contribution in [0.4, 0.5) is 0 Å². The maximum atomic E-state index is 12.4. The maximum absolute atomic E-state index is 12.4. The van der Waals surface area contributed by atoms with Gasteiger partial charge in [0.1, 0.15) is 0 Å². The van der Waals surface area contributed by atoms with Crippen molar-refractivity contribution >= 4 is 28.5 Å². The van der Waals surface area contributed by atoms with Gasteiger partial charge >= 0.3 is 0 Å². The van der Waals surface area contributed by atoms with Crippen molar-refractivity contribution in [1.82, 2.24) is 18.8 Å². The summed E-state index contributed by atoms with van der Waals surface area (Å²) >= 11 is 0. The van der Waals surface area contributed by atoms with Gasteiger partial charge < -0.3 is 15.0 Å². The van der Waals surface area contributed by atoms with Crippen LogP contribution in [0.1, 0.15) is 0 Å². The number of rotatable bonds is 4. The van der Waals surface area contributed by atoms with Gasteiger partial charge in [-0.05, 0) is 7.05 Å². The molecule has 0 spiro atoms. The first-order chi connectivity index (χ1) is 9.55. The summed E-state index contributed by atoms with van der Waals surface area (Å²) in [6, 6.07) is 0. The number of amides is 1. The highest BCUT2D eigenvalue weighted by Gasteiger charge is 2.33. The molecule has 124 valence electrons. The maximum Gasteiger partial charge on any atom is 0.282 e. The summed E-state index contributed by atoms with van der Waals surface area (Å²) in [6.45, 7) is 3.59. The molecule has 2 aliphatic rings. The van der Waals surface area contributed by atoms with Gasteiger partial charge in [-0.2, -0.15) is 17.0 Å². The van der Waals surface area contributed by atoms with E-state index in [0.29, 0.717) is 52.5 Å². The summed E-state index contributed by atoms with van der Waals surface area (Å²) in [6.07, 6.45) is 0. The largest absolute Gasteiger partial charge is 0.379 e. The van der Waals surface area contributed by atoms with Gasteiger partial charge in [-0.1, -0.05) is 0 Å². The van der Waals surface area contributed by atoms with E-state index in [1.165, 1.54) is 8.61 Å². The van der Waals surface area contributed by atoms with Gasteiger partial charge in [-0.3, -0.25) is 4.79 Å². The zero-order chi connectivity index (χ0) is 14.6. The molecule has 1 N–H and O–H groups in total. The molecule has 2 saturated heterocycles. The number of morpholine rings is 1. The van der Waals surface area contributed by atoms with Crippen LogP contribution in [0.3, 0.4) is 0 Å². The first kappa shape index (κ1) is 18.6. The third-order valence-electron chi connectivity index (χ3n) is 3.54. The normalized spacial score (nSPS) is 21.9. The molecule has 0 radical (unpaired) electrons. The number of carbonyl (C=O) groups excluding carboxylic acids is 1. The molecule has 1 amide bonds. The van der Waals surface area contributed by atoms with Crippen molar-refractivity contribution < 1.29 is 17.9 Å². The number of nitrogens with one attached hydrogen (secondary N) is 1. The van der Waals surface area contributed by atoms with E-state index in [1.54, 1.807) is 11.9 Å². The first-order valence-electron chi connectivity index (χ1n) is 6.81. The van der Waals surface area contributed by atoms with Gasteiger partial charge in [0.05, 0.1) is 19.8 Å². The third kappa shape index (κ3) is 4.51. The monoisotopic (exact) mass is 342 g/mol. The van der Waals surface area contributed by atoms with Gasteiger partial charge in [-0.25, -0.2) is 0 Å². The Kier molecular flexibility index (Phi) is 7.31. The van der Waals surface area contributed by atoms with Crippen LogP contribution in [-0.4, -0.2) is 93.9 Å². The molecule has 0 aromatic carbocycles. The summed E-state index contributed by atoms with van der Waals surface area (Å²) in [7, 11) is -1.69. The number of nitrogens with zero attached hydrogens (tertiary/aromatic N) is 3. The van der Waals surface area contributed by atoms with Crippen molar-refractivity contribution in [3.05, 3.63) is 0 Å². The standard InChI is InChI=1S/C11H22N4O4S.ClH/c1-12-10-11(16)13-2-4-14(5-3-13)20(17,18)15-6-8-19-9-7-15;/h12H,2-10H2,1H3;1H. The minimum absolute atomic E-state index is 0. The van der Waals surface area contributed by atoms with Crippen LogP contribution in [0.25, 0.3) is 0 Å². The molecule has 2 aliphatic heterocycles. The highest BCUT2D eigenvalue weighted by Crippen LogP contribution is 2.13. The number of hydrogen-bond acceptors (Lipinski definition) is 5. The Morgan fingerprint density at radius 2 is 1.57 bits per heavy atom. The number of ether oxygens (including phenoxy) is 1. The van der Waals surface area contributed by atoms with Crippen molar-refractivity contribution in [2.24, 2.45) is 0 Å². The topological polar surface area (TPSA) is 82.2 Å². The van der Waals surface area contributed by atoms with Crippen LogP contribution in [0.15, 0.2) is 0 Å². The lowest BCUT2D eigenvalue weighted by Gasteiger charge is -2.37. The van der Waals surface area contributed by atoms with E-state index in [9.17, 15) is 13.2 Å². The summed E-state index contributed by atoms with van der Waals surface area (Å²) in [5.41, 5.74) is 0. The smallest absolute Gasteiger partial charge is 0.282 e. The van der Waals surface area contributed by atoms with Gasteiger partial charge in [0.25, 0.3) is 10.2 Å². The van der Waals surface area contributed by atoms with Crippen LogP contribution in [-0.2, 0) is 19.7 Å². The van der Waals surface area contributed by atoms with Crippen LogP contribution in [0.5, 0.6) is 0 Å². The van der Waals surface area contributed by atoms with E-state index >= 15 is 0 Å². The summed E-state index contributed by atoms with van der Waals surface area (Å²) in [5, 5.41) is 2.81. The van der Waals surface area contributed by atoms with Gasteiger partial charge in [0, 0.05) is 39.3 Å². The number of piperazine rings is 1. The Labute approximate surface area is 132 Å². The predicted octanol–water partition coefficient (Wildman–Crippen LogP) is -1.65. The summed E-state index contributed by atoms with van der Waals surface area (Å²) < 4.78 is 32.9. The Bertz CT molecular complexity index is 434. The van der Waals surface area contributed by atoms with Gasteiger partial charge in [0.15, 0.2) is 0 Å². The lowest BCUT2D eigenvalue weighted by molar-refractivity contribution is -0.131.